The van der Waals surface area contributed by atoms with E-state index in [1.54, 1.807) is 20.3 Å². The number of methoxy groups -OCH3 is 2. The van der Waals surface area contributed by atoms with Crippen LogP contribution in [0.4, 0.5) is 17.5 Å². The smallest absolute Gasteiger partial charge is 0.238 e. The molecule has 0 saturated carbocycles. The highest BCUT2D eigenvalue weighted by molar-refractivity contribution is 5.94. The number of benzene rings is 2. The maximum Gasteiger partial charge on any atom is 0.238 e. The fraction of sp³-hybridized carbons (Fsp3) is 0.375. The van der Waals surface area contributed by atoms with Crippen LogP contribution < -0.4 is 25.4 Å². The summed E-state index contributed by atoms with van der Waals surface area (Å²) < 4.78 is 10.7. The van der Waals surface area contributed by atoms with Crippen molar-refractivity contribution in [3.05, 3.63) is 41.5 Å². The van der Waals surface area contributed by atoms with E-state index in [1.807, 2.05) is 38.1 Å². The number of rotatable bonds is 6. The van der Waals surface area contributed by atoms with Gasteiger partial charge in [-0.2, -0.15) is 4.98 Å². The highest BCUT2D eigenvalue weighted by Gasteiger charge is 2.22. The maximum absolute atomic E-state index is 12.6. The fourth-order valence-electron chi connectivity index (χ4n) is 4.11. The summed E-state index contributed by atoms with van der Waals surface area (Å²) in [6.45, 7) is 7.22. The molecule has 1 aliphatic rings. The van der Waals surface area contributed by atoms with Gasteiger partial charge in [-0.05, 0) is 31.0 Å². The number of para-hydroxylation sites is 1. The van der Waals surface area contributed by atoms with E-state index in [0.29, 0.717) is 48.4 Å². The van der Waals surface area contributed by atoms with Gasteiger partial charge in [0.25, 0.3) is 0 Å². The predicted octanol–water partition coefficient (Wildman–Crippen LogP) is 2.61. The Bertz CT molecular complexity index is 1150. The minimum Gasteiger partial charge on any atom is -0.493 e. The second-order valence-corrected chi connectivity index (χ2v) is 8.21. The molecule has 33 heavy (non-hydrogen) atoms. The second kappa shape index (κ2) is 9.50. The van der Waals surface area contributed by atoms with Gasteiger partial charge in [0.05, 0.1) is 26.3 Å². The first-order chi connectivity index (χ1) is 15.9. The van der Waals surface area contributed by atoms with E-state index in [1.165, 1.54) is 0 Å². The Morgan fingerprint density at radius 3 is 2.30 bits per heavy atom. The zero-order valence-electron chi connectivity index (χ0n) is 19.5. The number of fused-ring (bicyclic) bond motifs is 1. The van der Waals surface area contributed by atoms with E-state index >= 15 is 0 Å². The molecule has 2 heterocycles. The molecule has 0 bridgehead atoms. The zero-order chi connectivity index (χ0) is 23.5. The van der Waals surface area contributed by atoms with Crippen molar-refractivity contribution in [3.63, 3.8) is 0 Å². The molecule has 0 atom stereocenters. The van der Waals surface area contributed by atoms with Crippen molar-refractivity contribution in [1.29, 1.82) is 0 Å². The molecule has 1 amide bonds. The number of nitrogens with two attached hydrogens (primary N) is 1. The molecule has 1 fully saturated rings. The number of aromatic nitrogens is 2. The van der Waals surface area contributed by atoms with Gasteiger partial charge in [0.2, 0.25) is 11.9 Å². The number of hydrogen-bond donors (Lipinski definition) is 2. The first-order valence-corrected chi connectivity index (χ1v) is 10.9. The Labute approximate surface area is 193 Å². The second-order valence-electron chi connectivity index (χ2n) is 8.21. The summed E-state index contributed by atoms with van der Waals surface area (Å²) in [7, 11) is 3.17. The average molecular weight is 451 g/mol. The van der Waals surface area contributed by atoms with Crippen LogP contribution in [0, 0.1) is 13.8 Å². The van der Waals surface area contributed by atoms with E-state index in [9.17, 15) is 4.79 Å². The van der Waals surface area contributed by atoms with E-state index < -0.39 is 0 Å². The minimum absolute atomic E-state index is 0.00640. The molecule has 0 spiro atoms. The van der Waals surface area contributed by atoms with Crippen molar-refractivity contribution in [2.75, 3.05) is 62.9 Å². The predicted molar refractivity (Wildman–Crippen MR) is 130 cm³/mol. The number of piperazine rings is 1. The maximum atomic E-state index is 12.6. The molecule has 3 aromatic rings. The molecule has 0 unspecified atom stereocenters. The van der Waals surface area contributed by atoms with Gasteiger partial charge < -0.3 is 25.4 Å². The highest BCUT2D eigenvalue weighted by Crippen LogP contribution is 2.34. The number of amides is 1. The van der Waals surface area contributed by atoms with Crippen molar-refractivity contribution < 1.29 is 14.3 Å². The molecule has 174 valence electrons. The third-order valence-corrected chi connectivity index (χ3v) is 5.99. The Morgan fingerprint density at radius 2 is 1.67 bits per heavy atom. The van der Waals surface area contributed by atoms with Crippen molar-refractivity contribution in [2.24, 2.45) is 0 Å². The summed E-state index contributed by atoms with van der Waals surface area (Å²) in [5.74, 6) is 2.14. The number of carbonyl (C=O) groups excluding carboxylic acids is 1. The normalized spacial score (nSPS) is 14.4. The molecule has 9 heteroatoms. The number of nitrogens with zero attached hydrogens (tertiary/aromatic N) is 4. The molecular formula is C24H30N6O3. The molecule has 3 N–H and O–H groups in total. The lowest BCUT2D eigenvalue weighted by molar-refractivity contribution is -0.117. The van der Waals surface area contributed by atoms with Crippen LogP contribution in [0.2, 0.25) is 0 Å². The van der Waals surface area contributed by atoms with Crippen molar-refractivity contribution in [2.45, 2.75) is 13.8 Å². The third-order valence-electron chi connectivity index (χ3n) is 5.99. The molecule has 4 rings (SSSR count). The third kappa shape index (κ3) is 4.78. The zero-order valence-corrected chi connectivity index (χ0v) is 19.5. The number of nitrogen functional groups attached to an aromatic ring is 1. The Hall–Kier alpha value is -3.59. The summed E-state index contributed by atoms with van der Waals surface area (Å²) in [6.07, 6.45) is 0. The molecule has 0 aliphatic carbocycles. The summed E-state index contributed by atoms with van der Waals surface area (Å²) >= 11 is 0. The van der Waals surface area contributed by atoms with Crippen molar-refractivity contribution in [1.82, 2.24) is 14.9 Å². The number of anilines is 3. The van der Waals surface area contributed by atoms with Gasteiger partial charge in [-0.3, -0.25) is 9.69 Å². The number of carbonyl (C=O) groups is 1. The van der Waals surface area contributed by atoms with Crippen LogP contribution in [-0.2, 0) is 4.79 Å². The Balaban J connectivity index is 1.41. The van der Waals surface area contributed by atoms with Gasteiger partial charge in [-0.15, -0.1) is 0 Å². The molecule has 0 radical (unpaired) electrons. The molecular weight excluding hydrogens is 420 g/mol. The summed E-state index contributed by atoms with van der Waals surface area (Å²) in [6, 6.07) is 9.60. The Kier molecular flexibility index (Phi) is 6.50. The lowest BCUT2D eigenvalue weighted by Crippen LogP contribution is -2.49. The van der Waals surface area contributed by atoms with Crippen LogP contribution in [0.5, 0.6) is 11.5 Å². The van der Waals surface area contributed by atoms with Crippen LogP contribution >= 0.6 is 0 Å². The van der Waals surface area contributed by atoms with Crippen LogP contribution in [0.15, 0.2) is 30.3 Å². The molecule has 1 aliphatic heterocycles. The van der Waals surface area contributed by atoms with Crippen LogP contribution in [0.3, 0.4) is 0 Å². The van der Waals surface area contributed by atoms with E-state index in [2.05, 4.69) is 20.1 Å². The van der Waals surface area contributed by atoms with Gasteiger partial charge in [-0.25, -0.2) is 4.98 Å². The molecule has 9 nitrogen and oxygen atoms in total. The Morgan fingerprint density at radius 1 is 1.03 bits per heavy atom. The standard InChI is InChI=1S/C24H30N6O3/c1-15-6-5-7-16(2)22(15)27-21(31)14-29-8-10-30(11-9-29)24-26-18-13-20(33-4)19(32-3)12-17(18)23(25)28-24/h5-7,12-13H,8-11,14H2,1-4H3,(H,27,31)(H2,25,26,28). The van der Waals surface area contributed by atoms with Gasteiger partial charge in [0.15, 0.2) is 11.5 Å². The lowest BCUT2D eigenvalue weighted by Gasteiger charge is -2.34. The van der Waals surface area contributed by atoms with Gasteiger partial charge in [0, 0.05) is 43.3 Å². The number of nitrogens with one attached hydrogen (secondary N) is 1. The largest absolute Gasteiger partial charge is 0.493 e. The summed E-state index contributed by atoms with van der Waals surface area (Å²) in [5, 5.41) is 3.78. The fourth-order valence-corrected chi connectivity index (χ4v) is 4.11. The van der Waals surface area contributed by atoms with Crippen LogP contribution in [-0.4, -0.2) is 67.7 Å². The molecule has 1 aromatic heterocycles. The van der Waals surface area contributed by atoms with Gasteiger partial charge >= 0.3 is 0 Å². The summed E-state index contributed by atoms with van der Waals surface area (Å²) in [5.41, 5.74) is 9.96. The van der Waals surface area contributed by atoms with Crippen LogP contribution in [0.1, 0.15) is 11.1 Å². The minimum atomic E-state index is -0.00640. The topological polar surface area (TPSA) is 106 Å². The van der Waals surface area contributed by atoms with Crippen LogP contribution in [0.25, 0.3) is 10.9 Å². The number of ether oxygens (including phenoxy) is 2. The highest BCUT2D eigenvalue weighted by atomic mass is 16.5. The van der Waals surface area contributed by atoms with E-state index in [-0.39, 0.29) is 5.91 Å². The quantitative estimate of drug-likeness (QED) is 0.590. The monoisotopic (exact) mass is 450 g/mol. The SMILES string of the molecule is COc1cc2nc(N3CCN(CC(=O)Nc4c(C)cccc4C)CC3)nc(N)c2cc1OC. The van der Waals surface area contributed by atoms with Gasteiger partial charge in [-0.1, -0.05) is 18.2 Å². The first-order valence-electron chi connectivity index (χ1n) is 10.9. The van der Waals surface area contributed by atoms with E-state index in [4.69, 9.17) is 20.2 Å². The average Bonchev–Trinajstić information content (AvgIpc) is 2.81. The lowest BCUT2D eigenvalue weighted by atomic mass is 10.1. The molecule has 2 aromatic carbocycles. The van der Waals surface area contributed by atoms with E-state index in [0.717, 1.165) is 35.3 Å². The first kappa shape index (κ1) is 22.6. The number of hydrogen-bond acceptors (Lipinski definition) is 8. The van der Waals surface area contributed by atoms with Crippen molar-refractivity contribution in [3.8, 4) is 11.5 Å². The summed E-state index contributed by atoms with van der Waals surface area (Å²) in [4.78, 5) is 26.1. The number of aryl methyl sites for hydroxylation is 2. The van der Waals surface area contributed by atoms with Gasteiger partial charge in [0.1, 0.15) is 5.82 Å². The molecule has 1 saturated heterocycles. The van der Waals surface area contributed by atoms with Crippen molar-refractivity contribution >= 4 is 34.3 Å².